The van der Waals surface area contributed by atoms with E-state index >= 15 is 0 Å². The average Bonchev–Trinajstić information content (AvgIpc) is 3.00. The lowest BCUT2D eigenvalue weighted by Crippen LogP contribution is -2.37. The summed E-state index contributed by atoms with van der Waals surface area (Å²) < 4.78 is 7.43. The van der Waals surface area contributed by atoms with Gasteiger partial charge < -0.3 is 4.74 Å². The Morgan fingerprint density at radius 1 is 1.35 bits per heavy atom. The van der Waals surface area contributed by atoms with Crippen molar-refractivity contribution >= 4 is 0 Å². The summed E-state index contributed by atoms with van der Waals surface area (Å²) in [5.41, 5.74) is 5.07. The van der Waals surface area contributed by atoms with Gasteiger partial charge in [0.2, 0.25) is 0 Å². The van der Waals surface area contributed by atoms with E-state index in [9.17, 15) is 0 Å². The number of para-hydroxylation sites is 1. The highest BCUT2D eigenvalue weighted by atomic mass is 16.5. The van der Waals surface area contributed by atoms with Gasteiger partial charge in [0.25, 0.3) is 0 Å². The number of ether oxygens (including phenoxy) is 1. The quantitative estimate of drug-likeness (QED) is 0.658. The Morgan fingerprint density at radius 3 is 2.90 bits per heavy atom. The Hall–Kier alpha value is -1.69. The van der Waals surface area contributed by atoms with E-state index in [0.29, 0.717) is 5.92 Å². The summed E-state index contributed by atoms with van der Waals surface area (Å²) in [6.45, 7) is 1.61. The molecule has 2 heterocycles. The first-order valence-electron chi connectivity index (χ1n) is 7.02. The average molecular weight is 272 g/mol. The van der Waals surface area contributed by atoms with Gasteiger partial charge in [-0.2, -0.15) is 5.10 Å². The Labute approximate surface area is 118 Å². The molecule has 0 radical (unpaired) electrons. The van der Waals surface area contributed by atoms with E-state index in [-0.39, 0.29) is 6.04 Å². The van der Waals surface area contributed by atoms with Gasteiger partial charge in [-0.25, -0.2) is 4.68 Å². The zero-order valence-corrected chi connectivity index (χ0v) is 11.4. The van der Waals surface area contributed by atoms with Crippen molar-refractivity contribution in [3.63, 3.8) is 0 Å². The van der Waals surface area contributed by atoms with Crippen LogP contribution in [0.4, 0.5) is 0 Å². The number of rotatable bonds is 4. The van der Waals surface area contributed by atoms with Crippen LogP contribution in [0, 0.1) is 5.92 Å². The summed E-state index contributed by atoms with van der Waals surface area (Å²) in [5.74, 6) is 6.15. The van der Waals surface area contributed by atoms with Crippen molar-refractivity contribution in [2.45, 2.75) is 18.9 Å². The number of nitrogens with one attached hydrogen (secondary N) is 1. The van der Waals surface area contributed by atoms with Crippen LogP contribution in [0.15, 0.2) is 42.7 Å². The minimum Gasteiger partial charge on any atom is -0.381 e. The van der Waals surface area contributed by atoms with Crippen molar-refractivity contribution in [3.8, 4) is 5.69 Å². The standard InChI is InChI=1S/C15H20N4O/c16-18-15(12-5-4-8-20-11-12)13-9-17-19(10-13)14-6-2-1-3-7-14/h1-3,6-7,9-10,12,15,18H,4-5,8,11,16H2. The molecule has 1 fully saturated rings. The number of nitrogens with zero attached hydrogens (tertiary/aromatic N) is 2. The highest BCUT2D eigenvalue weighted by Crippen LogP contribution is 2.28. The fraction of sp³-hybridized carbons (Fsp3) is 0.400. The molecule has 2 aromatic rings. The highest BCUT2D eigenvalue weighted by molar-refractivity contribution is 5.31. The van der Waals surface area contributed by atoms with Crippen LogP contribution in [0.5, 0.6) is 0 Å². The molecule has 0 spiro atoms. The van der Waals surface area contributed by atoms with Crippen LogP contribution in [-0.4, -0.2) is 23.0 Å². The number of hydrazine groups is 1. The van der Waals surface area contributed by atoms with E-state index in [0.717, 1.165) is 37.3 Å². The zero-order chi connectivity index (χ0) is 13.8. The van der Waals surface area contributed by atoms with Gasteiger partial charge in [-0.05, 0) is 25.0 Å². The molecule has 1 aliphatic heterocycles. The summed E-state index contributed by atoms with van der Waals surface area (Å²) in [6, 6.07) is 10.2. The molecule has 3 N–H and O–H groups in total. The van der Waals surface area contributed by atoms with Crippen LogP contribution in [0.3, 0.4) is 0 Å². The van der Waals surface area contributed by atoms with Crippen LogP contribution in [0.25, 0.3) is 5.69 Å². The van der Waals surface area contributed by atoms with Gasteiger partial charge in [-0.3, -0.25) is 11.3 Å². The maximum Gasteiger partial charge on any atom is 0.0645 e. The second-order valence-electron chi connectivity index (χ2n) is 5.18. The molecule has 5 nitrogen and oxygen atoms in total. The van der Waals surface area contributed by atoms with Crippen molar-refractivity contribution in [1.82, 2.24) is 15.2 Å². The molecule has 2 atom stereocenters. The molecule has 1 aliphatic rings. The normalized spacial score (nSPS) is 20.8. The number of nitrogens with two attached hydrogens (primary N) is 1. The molecule has 3 rings (SSSR count). The van der Waals surface area contributed by atoms with Crippen LogP contribution in [0.2, 0.25) is 0 Å². The molecule has 2 unspecified atom stereocenters. The second kappa shape index (κ2) is 6.17. The Bertz CT molecular complexity index is 534. The molecule has 1 aromatic heterocycles. The number of benzene rings is 1. The van der Waals surface area contributed by atoms with Gasteiger partial charge >= 0.3 is 0 Å². The molecule has 106 valence electrons. The first kappa shape index (κ1) is 13.3. The first-order valence-corrected chi connectivity index (χ1v) is 7.02. The zero-order valence-electron chi connectivity index (χ0n) is 11.4. The molecule has 0 aliphatic carbocycles. The fourth-order valence-corrected chi connectivity index (χ4v) is 2.75. The Kier molecular flexibility index (Phi) is 4.11. The minimum absolute atomic E-state index is 0.0905. The lowest BCUT2D eigenvalue weighted by Gasteiger charge is -2.29. The lowest BCUT2D eigenvalue weighted by atomic mass is 9.91. The first-order chi connectivity index (χ1) is 9.88. The summed E-state index contributed by atoms with van der Waals surface area (Å²) in [6.07, 6.45) is 6.14. The van der Waals surface area contributed by atoms with E-state index in [1.807, 2.05) is 47.4 Å². The van der Waals surface area contributed by atoms with E-state index < -0.39 is 0 Å². The molecule has 0 saturated carbocycles. The molecule has 0 amide bonds. The summed E-state index contributed by atoms with van der Waals surface area (Å²) in [4.78, 5) is 0. The van der Waals surface area contributed by atoms with Crippen LogP contribution < -0.4 is 11.3 Å². The smallest absolute Gasteiger partial charge is 0.0645 e. The lowest BCUT2D eigenvalue weighted by molar-refractivity contribution is 0.0390. The van der Waals surface area contributed by atoms with E-state index in [1.54, 1.807) is 0 Å². The van der Waals surface area contributed by atoms with Crippen LogP contribution in [-0.2, 0) is 4.74 Å². The second-order valence-corrected chi connectivity index (χ2v) is 5.18. The molecule has 1 aromatic carbocycles. The molecular formula is C15H20N4O. The third kappa shape index (κ3) is 2.75. The van der Waals surface area contributed by atoms with E-state index in [4.69, 9.17) is 10.6 Å². The number of aromatic nitrogens is 2. The van der Waals surface area contributed by atoms with E-state index in [1.165, 1.54) is 0 Å². The van der Waals surface area contributed by atoms with E-state index in [2.05, 4.69) is 10.5 Å². The largest absolute Gasteiger partial charge is 0.381 e. The molecule has 1 saturated heterocycles. The SMILES string of the molecule is NNC(c1cnn(-c2ccccc2)c1)C1CCCOC1. The van der Waals surface area contributed by atoms with Gasteiger partial charge in [0, 0.05) is 24.3 Å². The maximum atomic E-state index is 5.74. The molecular weight excluding hydrogens is 252 g/mol. The summed E-state index contributed by atoms with van der Waals surface area (Å²) in [5, 5.41) is 4.43. The molecule has 20 heavy (non-hydrogen) atoms. The Morgan fingerprint density at radius 2 is 2.20 bits per heavy atom. The molecule has 5 heteroatoms. The van der Waals surface area contributed by atoms with Crippen molar-refractivity contribution in [2.24, 2.45) is 11.8 Å². The van der Waals surface area contributed by atoms with Crippen molar-refractivity contribution < 1.29 is 4.74 Å². The third-order valence-corrected chi connectivity index (χ3v) is 3.83. The van der Waals surface area contributed by atoms with Crippen molar-refractivity contribution in [3.05, 3.63) is 48.3 Å². The maximum absolute atomic E-state index is 5.74. The van der Waals surface area contributed by atoms with Gasteiger partial charge in [0.05, 0.1) is 24.5 Å². The molecule has 0 bridgehead atoms. The van der Waals surface area contributed by atoms with Gasteiger partial charge in [0.1, 0.15) is 0 Å². The van der Waals surface area contributed by atoms with Crippen molar-refractivity contribution in [1.29, 1.82) is 0 Å². The summed E-state index contributed by atoms with van der Waals surface area (Å²) >= 11 is 0. The number of hydrogen-bond donors (Lipinski definition) is 2. The topological polar surface area (TPSA) is 65.1 Å². The monoisotopic (exact) mass is 272 g/mol. The van der Waals surface area contributed by atoms with Gasteiger partial charge in [-0.15, -0.1) is 0 Å². The summed E-state index contributed by atoms with van der Waals surface area (Å²) in [7, 11) is 0. The third-order valence-electron chi connectivity index (χ3n) is 3.83. The number of hydrogen-bond acceptors (Lipinski definition) is 4. The van der Waals surface area contributed by atoms with Gasteiger partial charge in [-0.1, -0.05) is 18.2 Å². The van der Waals surface area contributed by atoms with Gasteiger partial charge in [0.15, 0.2) is 0 Å². The predicted molar refractivity (Wildman–Crippen MR) is 77.2 cm³/mol. The predicted octanol–water partition coefficient (Wildman–Crippen LogP) is 1.80. The van der Waals surface area contributed by atoms with Crippen LogP contribution in [0.1, 0.15) is 24.4 Å². The highest BCUT2D eigenvalue weighted by Gasteiger charge is 2.25. The fourth-order valence-electron chi connectivity index (χ4n) is 2.75. The van der Waals surface area contributed by atoms with Crippen molar-refractivity contribution in [2.75, 3.05) is 13.2 Å². The Balaban J connectivity index is 1.80. The minimum atomic E-state index is 0.0905. The van der Waals surface area contributed by atoms with Crippen LogP contribution >= 0.6 is 0 Å².